The molecule has 1 heterocycles. The molecule has 1 amide bonds. The van der Waals surface area contributed by atoms with E-state index in [1.807, 2.05) is 48.5 Å². The van der Waals surface area contributed by atoms with Gasteiger partial charge in [-0.15, -0.1) is 0 Å². The molecule has 1 saturated carbocycles. The maximum absolute atomic E-state index is 12.3. The summed E-state index contributed by atoms with van der Waals surface area (Å²) in [4.78, 5) is 26.2. The Kier molecular flexibility index (Phi) is 13.1. The van der Waals surface area contributed by atoms with E-state index in [-0.39, 0.29) is 12.3 Å². The molecule has 0 spiro atoms. The number of hydrogen-bond donors (Lipinski definition) is 5. The van der Waals surface area contributed by atoms with Crippen molar-refractivity contribution in [1.82, 2.24) is 20.3 Å². The van der Waals surface area contributed by atoms with E-state index in [9.17, 15) is 4.79 Å². The molecule has 0 saturated heterocycles. The molecular formula is C30H41ClN8O3. The predicted octanol–water partition coefficient (Wildman–Crippen LogP) is 4.28. The zero-order valence-electron chi connectivity index (χ0n) is 23.9. The van der Waals surface area contributed by atoms with Gasteiger partial charge in [0, 0.05) is 36.4 Å². The van der Waals surface area contributed by atoms with Gasteiger partial charge >= 0.3 is 0 Å². The molecular weight excluding hydrogens is 556 g/mol. The van der Waals surface area contributed by atoms with Crippen molar-refractivity contribution < 1.29 is 14.3 Å². The lowest BCUT2D eigenvalue weighted by Gasteiger charge is -2.23. The first-order chi connectivity index (χ1) is 20.6. The average molecular weight is 597 g/mol. The fraction of sp³-hybridized carbons (Fsp3) is 0.467. The van der Waals surface area contributed by atoms with Crippen molar-refractivity contribution in [2.75, 3.05) is 55.5 Å². The highest BCUT2D eigenvalue weighted by atomic mass is 35.5. The van der Waals surface area contributed by atoms with Crippen molar-refractivity contribution >= 4 is 41.0 Å². The summed E-state index contributed by atoms with van der Waals surface area (Å²) in [6.07, 6.45) is 6.17. The highest BCUT2D eigenvalue weighted by Crippen LogP contribution is 2.22. The number of nitrogens with two attached hydrogens (primary N) is 1. The lowest BCUT2D eigenvalue weighted by molar-refractivity contribution is -0.120. The van der Waals surface area contributed by atoms with Gasteiger partial charge in [0.25, 0.3) is 0 Å². The largest absolute Gasteiger partial charge is 0.378 e. The van der Waals surface area contributed by atoms with Gasteiger partial charge in [-0.1, -0.05) is 55.1 Å². The zero-order valence-corrected chi connectivity index (χ0v) is 24.7. The molecule has 0 radical (unpaired) electrons. The summed E-state index contributed by atoms with van der Waals surface area (Å²) in [6.45, 7) is 3.41. The number of ether oxygens (including phenoxy) is 2. The van der Waals surface area contributed by atoms with E-state index >= 15 is 0 Å². The molecule has 42 heavy (non-hydrogen) atoms. The van der Waals surface area contributed by atoms with E-state index in [1.54, 1.807) is 0 Å². The lowest BCUT2D eigenvalue weighted by atomic mass is 9.96. The average Bonchev–Trinajstić information content (AvgIpc) is 3.00. The smallest absolute Gasteiger partial charge is 0.233 e. The molecule has 0 aliphatic heterocycles. The summed E-state index contributed by atoms with van der Waals surface area (Å²) >= 11 is 6.02. The number of carbonyl (C=O) groups is 1. The van der Waals surface area contributed by atoms with Crippen molar-refractivity contribution in [3.05, 3.63) is 64.7 Å². The van der Waals surface area contributed by atoms with Gasteiger partial charge in [0.15, 0.2) is 0 Å². The van der Waals surface area contributed by atoms with Crippen molar-refractivity contribution in [1.29, 1.82) is 0 Å². The number of carbonyl (C=O) groups excluding carboxylic acids is 1. The van der Waals surface area contributed by atoms with Gasteiger partial charge in [-0.2, -0.15) is 15.0 Å². The van der Waals surface area contributed by atoms with Crippen LogP contribution in [0.2, 0.25) is 5.02 Å². The Morgan fingerprint density at radius 3 is 2.24 bits per heavy atom. The van der Waals surface area contributed by atoms with E-state index < -0.39 is 0 Å². The fourth-order valence-corrected chi connectivity index (χ4v) is 4.67. The Morgan fingerprint density at radius 2 is 1.50 bits per heavy atom. The van der Waals surface area contributed by atoms with Crippen molar-refractivity contribution in [3.63, 3.8) is 0 Å². The van der Waals surface area contributed by atoms with Crippen LogP contribution in [0.3, 0.4) is 0 Å². The van der Waals surface area contributed by atoms with Crippen LogP contribution in [0.15, 0.2) is 48.5 Å². The number of amides is 1. The van der Waals surface area contributed by atoms with Crippen LogP contribution in [0.5, 0.6) is 0 Å². The Hall–Kier alpha value is -3.51. The second-order valence-electron chi connectivity index (χ2n) is 10.1. The van der Waals surface area contributed by atoms with Crippen molar-refractivity contribution in [3.8, 4) is 0 Å². The molecule has 1 aliphatic rings. The van der Waals surface area contributed by atoms with Crippen molar-refractivity contribution in [2.45, 2.75) is 51.1 Å². The normalized spacial score (nSPS) is 13.5. The molecule has 11 nitrogen and oxygen atoms in total. The van der Waals surface area contributed by atoms with E-state index in [1.165, 1.54) is 19.3 Å². The third-order valence-electron chi connectivity index (χ3n) is 6.72. The molecule has 226 valence electrons. The quantitative estimate of drug-likeness (QED) is 0.143. The molecule has 1 fully saturated rings. The minimum atomic E-state index is -0.0639. The SMILES string of the molecule is NCCOCCOCCNC(=O)Cc1ccc(Nc2nc(NCc3ccc(Cl)cc3)nc(NC3CCCCC3)n2)cc1. The zero-order chi connectivity index (χ0) is 29.4. The molecule has 0 atom stereocenters. The third-order valence-corrected chi connectivity index (χ3v) is 6.97. The van der Waals surface area contributed by atoms with Crippen LogP contribution in [0.4, 0.5) is 23.5 Å². The topological polar surface area (TPSA) is 148 Å². The van der Waals surface area contributed by atoms with Crippen LogP contribution in [0, 0.1) is 0 Å². The van der Waals surface area contributed by atoms with Gasteiger partial charge in [-0.25, -0.2) is 0 Å². The van der Waals surface area contributed by atoms with Gasteiger partial charge in [0.2, 0.25) is 23.8 Å². The predicted molar refractivity (Wildman–Crippen MR) is 166 cm³/mol. The number of halogens is 1. The van der Waals surface area contributed by atoms with E-state index in [0.717, 1.165) is 29.7 Å². The lowest BCUT2D eigenvalue weighted by Crippen LogP contribution is -2.29. The Balaban J connectivity index is 1.30. The Labute approximate surface area is 252 Å². The summed E-state index contributed by atoms with van der Waals surface area (Å²) in [5.41, 5.74) is 8.14. The van der Waals surface area contributed by atoms with E-state index in [4.69, 9.17) is 26.8 Å². The number of hydrogen-bond acceptors (Lipinski definition) is 10. The first-order valence-corrected chi connectivity index (χ1v) is 14.9. The number of aromatic nitrogens is 3. The molecule has 2 aromatic carbocycles. The van der Waals surface area contributed by atoms with Crippen LogP contribution >= 0.6 is 11.6 Å². The Bertz CT molecular complexity index is 1220. The van der Waals surface area contributed by atoms with Crippen LogP contribution in [-0.4, -0.2) is 66.4 Å². The first-order valence-electron chi connectivity index (χ1n) is 14.6. The summed E-state index contributed by atoms with van der Waals surface area (Å²) in [5.74, 6) is 1.38. The number of rotatable bonds is 17. The number of anilines is 4. The summed E-state index contributed by atoms with van der Waals surface area (Å²) in [6, 6.07) is 15.6. The maximum Gasteiger partial charge on any atom is 0.233 e. The van der Waals surface area contributed by atoms with Crippen LogP contribution in [-0.2, 0) is 27.2 Å². The van der Waals surface area contributed by atoms with Crippen molar-refractivity contribution in [2.24, 2.45) is 5.73 Å². The van der Waals surface area contributed by atoms with Gasteiger partial charge in [-0.3, -0.25) is 4.79 Å². The van der Waals surface area contributed by atoms with Gasteiger partial charge in [-0.05, 0) is 48.2 Å². The van der Waals surface area contributed by atoms with Crippen LogP contribution < -0.4 is 27.0 Å². The molecule has 1 aromatic heterocycles. The van der Waals surface area contributed by atoms with E-state index in [2.05, 4.69) is 36.2 Å². The number of benzene rings is 2. The molecule has 3 aromatic rings. The van der Waals surface area contributed by atoms with Gasteiger partial charge in [0.05, 0.1) is 32.8 Å². The Morgan fingerprint density at radius 1 is 0.833 bits per heavy atom. The minimum absolute atomic E-state index is 0.0639. The summed E-state index contributed by atoms with van der Waals surface area (Å²) in [7, 11) is 0. The van der Waals surface area contributed by atoms with Crippen LogP contribution in [0.25, 0.3) is 0 Å². The number of nitrogens with zero attached hydrogens (tertiary/aromatic N) is 3. The standard InChI is InChI=1S/C30H41ClN8O3/c31-24-10-6-23(7-11-24)21-34-28-37-29(35-25-4-2-1-3-5-25)39-30(38-28)36-26-12-8-22(9-13-26)20-27(40)33-15-17-42-19-18-41-16-14-32/h6-13,25H,1-5,14-21,32H2,(H,33,40)(H3,34,35,36,37,38,39). The molecule has 0 bridgehead atoms. The second kappa shape index (κ2) is 17.4. The fourth-order valence-electron chi connectivity index (χ4n) is 4.54. The molecule has 4 rings (SSSR count). The van der Waals surface area contributed by atoms with Crippen LogP contribution in [0.1, 0.15) is 43.2 Å². The highest BCUT2D eigenvalue weighted by Gasteiger charge is 2.16. The highest BCUT2D eigenvalue weighted by molar-refractivity contribution is 6.30. The second-order valence-corrected chi connectivity index (χ2v) is 10.6. The molecule has 6 N–H and O–H groups in total. The maximum atomic E-state index is 12.3. The number of nitrogens with one attached hydrogen (secondary N) is 4. The minimum Gasteiger partial charge on any atom is -0.378 e. The summed E-state index contributed by atoms with van der Waals surface area (Å²) in [5, 5.41) is 13.6. The molecule has 1 aliphatic carbocycles. The monoisotopic (exact) mass is 596 g/mol. The first kappa shape index (κ1) is 31.4. The summed E-state index contributed by atoms with van der Waals surface area (Å²) < 4.78 is 10.7. The van der Waals surface area contributed by atoms with Gasteiger partial charge < -0.3 is 36.5 Å². The molecule has 12 heteroatoms. The third kappa shape index (κ3) is 11.4. The van der Waals surface area contributed by atoms with E-state index in [0.29, 0.717) is 75.0 Å². The van der Waals surface area contributed by atoms with Gasteiger partial charge in [0.1, 0.15) is 0 Å². The molecule has 0 unspecified atom stereocenters.